The molecule has 96 valence electrons. The molecule has 0 radical (unpaired) electrons. The van der Waals surface area contributed by atoms with E-state index in [-0.39, 0.29) is 0 Å². The van der Waals surface area contributed by atoms with Gasteiger partial charge < -0.3 is 4.90 Å². The SMILES string of the molecule is Cc1ccc(C#N)c(N(Cc2cccs2)C2CC2)n1. The molecule has 0 amide bonds. The molecule has 19 heavy (non-hydrogen) atoms. The monoisotopic (exact) mass is 269 g/mol. The molecule has 1 aliphatic carbocycles. The summed E-state index contributed by atoms with van der Waals surface area (Å²) in [7, 11) is 0. The van der Waals surface area contributed by atoms with Crippen LogP contribution in [0.15, 0.2) is 29.6 Å². The number of hydrogen-bond acceptors (Lipinski definition) is 4. The maximum Gasteiger partial charge on any atom is 0.147 e. The Kier molecular flexibility index (Phi) is 3.22. The highest BCUT2D eigenvalue weighted by Crippen LogP contribution is 2.34. The van der Waals surface area contributed by atoms with E-state index in [0.717, 1.165) is 18.1 Å². The summed E-state index contributed by atoms with van der Waals surface area (Å²) in [6, 6.07) is 10.8. The fourth-order valence-electron chi connectivity index (χ4n) is 2.18. The molecule has 2 aromatic heterocycles. The van der Waals surface area contributed by atoms with Crippen molar-refractivity contribution in [1.82, 2.24) is 4.98 Å². The van der Waals surface area contributed by atoms with Crippen molar-refractivity contribution in [3.63, 3.8) is 0 Å². The van der Waals surface area contributed by atoms with Crippen LogP contribution in [0, 0.1) is 18.3 Å². The minimum Gasteiger partial charge on any atom is -0.347 e. The molecule has 0 unspecified atom stereocenters. The van der Waals surface area contributed by atoms with E-state index in [2.05, 4.69) is 33.5 Å². The molecule has 0 aliphatic heterocycles. The Hall–Kier alpha value is -1.86. The molecule has 0 aromatic carbocycles. The lowest BCUT2D eigenvalue weighted by molar-refractivity contribution is 0.782. The third kappa shape index (κ3) is 2.61. The lowest BCUT2D eigenvalue weighted by Crippen LogP contribution is -2.26. The zero-order valence-electron chi connectivity index (χ0n) is 10.8. The first-order valence-electron chi connectivity index (χ1n) is 6.44. The largest absolute Gasteiger partial charge is 0.347 e. The van der Waals surface area contributed by atoms with Gasteiger partial charge in [0.15, 0.2) is 0 Å². The van der Waals surface area contributed by atoms with Gasteiger partial charge in [-0.25, -0.2) is 4.98 Å². The number of hydrogen-bond donors (Lipinski definition) is 0. The van der Waals surface area contributed by atoms with Crippen LogP contribution in [-0.4, -0.2) is 11.0 Å². The minimum absolute atomic E-state index is 0.545. The molecule has 0 spiro atoms. The molecule has 0 saturated heterocycles. The second-order valence-corrected chi connectivity index (χ2v) is 5.91. The number of thiophene rings is 1. The van der Waals surface area contributed by atoms with Crippen molar-refractivity contribution >= 4 is 17.2 Å². The van der Waals surface area contributed by atoms with E-state index >= 15 is 0 Å². The number of rotatable bonds is 4. The Morgan fingerprint density at radius 1 is 1.42 bits per heavy atom. The van der Waals surface area contributed by atoms with Crippen molar-refractivity contribution in [2.75, 3.05) is 4.90 Å². The number of aryl methyl sites for hydroxylation is 1. The third-order valence-electron chi connectivity index (χ3n) is 3.30. The molecular formula is C15H15N3S. The quantitative estimate of drug-likeness (QED) is 0.853. The van der Waals surface area contributed by atoms with Gasteiger partial charge in [-0.15, -0.1) is 11.3 Å². The smallest absolute Gasteiger partial charge is 0.147 e. The van der Waals surface area contributed by atoms with Crippen molar-refractivity contribution < 1.29 is 0 Å². The number of anilines is 1. The summed E-state index contributed by atoms with van der Waals surface area (Å²) in [5.74, 6) is 0.846. The van der Waals surface area contributed by atoms with Gasteiger partial charge >= 0.3 is 0 Å². The van der Waals surface area contributed by atoms with E-state index in [1.54, 1.807) is 11.3 Å². The number of nitrogens with zero attached hydrogens (tertiary/aromatic N) is 3. The molecule has 2 aromatic rings. The summed E-state index contributed by atoms with van der Waals surface area (Å²) >= 11 is 1.76. The molecule has 3 nitrogen and oxygen atoms in total. The molecule has 0 bridgehead atoms. The van der Waals surface area contributed by atoms with Crippen LogP contribution in [0.4, 0.5) is 5.82 Å². The number of pyridine rings is 1. The fraction of sp³-hybridized carbons (Fsp3) is 0.333. The van der Waals surface area contributed by atoms with Crippen molar-refractivity contribution in [1.29, 1.82) is 5.26 Å². The molecule has 2 heterocycles. The lowest BCUT2D eigenvalue weighted by Gasteiger charge is -2.24. The third-order valence-corrected chi connectivity index (χ3v) is 4.16. The summed E-state index contributed by atoms with van der Waals surface area (Å²) in [6.45, 7) is 2.83. The minimum atomic E-state index is 0.545. The topological polar surface area (TPSA) is 39.9 Å². The maximum atomic E-state index is 9.27. The van der Waals surface area contributed by atoms with E-state index in [4.69, 9.17) is 0 Å². The van der Waals surface area contributed by atoms with Gasteiger partial charge in [-0.1, -0.05) is 6.07 Å². The average molecular weight is 269 g/mol. The number of nitriles is 1. The van der Waals surface area contributed by atoms with Crippen LogP contribution in [0.1, 0.15) is 29.0 Å². The van der Waals surface area contributed by atoms with Crippen LogP contribution in [0.5, 0.6) is 0 Å². The first-order valence-corrected chi connectivity index (χ1v) is 7.32. The highest BCUT2D eigenvalue weighted by atomic mass is 32.1. The molecule has 1 saturated carbocycles. The van der Waals surface area contributed by atoms with Gasteiger partial charge in [-0.2, -0.15) is 5.26 Å². The van der Waals surface area contributed by atoms with Crippen molar-refractivity contribution in [2.45, 2.75) is 32.4 Å². The second-order valence-electron chi connectivity index (χ2n) is 4.87. The molecular weight excluding hydrogens is 254 g/mol. The first kappa shape index (κ1) is 12.2. The van der Waals surface area contributed by atoms with E-state index in [1.807, 2.05) is 19.1 Å². The fourth-order valence-corrected chi connectivity index (χ4v) is 2.89. The Labute approximate surface area is 117 Å². The van der Waals surface area contributed by atoms with Gasteiger partial charge in [0.25, 0.3) is 0 Å². The Morgan fingerprint density at radius 2 is 2.26 bits per heavy atom. The van der Waals surface area contributed by atoms with Crippen LogP contribution in [-0.2, 0) is 6.54 Å². The van der Waals surface area contributed by atoms with Crippen LogP contribution in [0.25, 0.3) is 0 Å². The molecule has 1 fully saturated rings. The Bertz CT molecular complexity index is 609. The zero-order valence-corrected chi connectivity index (χ0v) is 11.7. The summed E-state index contributed by atoms with van der Waals surface area (Å²) in [5.41, 5.74) is 1.64. The molecule has 0 atom stereocenters. The van der Waals surface area contributed by atoms with Gasteiger partial charge in [-0.05, 0) is 43.3 Å². The van der Waals surface area contributed by atoms with E-state index in [1.165, 1.54) is 17.7 Å². The van der Waals surface area contributed by atoms with Gasteiger partial charge in [-0.3, -0.25) is 0 Å². The van der Waals surface area contributed by atoms with Gasteiger partial charge in [0, 0.05) is 16.6 Å². The van der Waals surface area contributed by atoms with E-state index in [9.17, 15) is 5.26 Å². The predicted molar refractivity (Wildman–Crippen MR) is 77.2 cm³/mol. The molecule has 3 rings (SSSR count). The maximum absolute atomic E-state index is 9.27. The van der Waals surface area contributed by atoms with Crippen LogP contribution < -0.4 is 4.90 Å². The van der Waals surface area contributed by atoms with Crippen molar-refractivity contribution in [2.24, 2.45) is 0 Å². The summed E-state index contributed by atoms with van der Waals surface area (Å²) < 4.78 is 0. The van der Waals surface area contributed by atoms with Crippen LogP contribution in [0.2, 0.25) is 0 Å². The van der Waals surface area contributed by atoms with Crippen molar-refractivity contribution in [3.05, 3.63) is 45.8 Å². The van der Waals surface area contributed by atoms with E-state index < -0.39 is 0 Å². The van der Waals surface area contributed by atoms with E-state index in [0.29, 0.717) is 11.6 Å². The molecule has 1 aliphatic rings. The number of aromatic nitrogens is 1. The van der Waals surface area contributed by atoms with Crippen molar-refractivity contribution in [3.8, 4) is 6.07 Å². The molecule has 0 N–H and O–H groups in total. The first-order chi connectivity index (χ1) is 9.28. The van der Waals surface area contributed by atoms with Gasteiger partial charge in [0.05, 0.1) is 12.1 Å². The standard InChI is InChI=1S/C15H15N3S/c1-11-4-5-12(9-16)15(17-11)18(13-6-7-13)10-14-3-2-8-19-14/h2-5,8,13H,6-7,10H2,1H3. The summed E-state index contributed by atoms with van der Waals surface area (Å²) in [6.07, 6.45) is 2.40. The second kappa shape index (κ2) is 5.02. The predicted octanol–water partition coefficient (Wildman–Crippen LogP) is 3.49. The highest BCUT2D eigenvalue weighted by molar-refractivity contribution is 7.09. The lowest BCUT2D eigenvalue weighted by atomic mass is 10.2. The van der Waals surface area contributed by atoms with Crippen LogP contribution >= 0.6 is 11.3 Å². The normalized spacial score (nSPS) is 14.1. The Morgan fingerprint density at radius 3 is 2.89 bits per heavy atom. The van der Waals surface area contributed by atoms with Gasteiger partial charge in [0.2, 0.25) is 0 Å². The summed E-state index contributed by atoms with van der Waals surface area (Å²) in [5, 5.41) is 11.4. The Balaban J connectivity index is 1.96. The van der Waals surface area contributed by atoms with Crippen LogP contribution in [0.3, 0.4) is 0 Å². The molecule has 4 heteroatoms. The van der Waals surface area contributed by atoms with Gasteiger partial charge in [0.1, 0.15) is 11.9 Å². The zero-order chi connectivity index (χ0) is 13.2. The highest BCUT2D eigenvalue weighted by Gasteiger charge is 2.31. The average Bonchev–Trinajstić information content (AvgIpc) is 3.13. The summed E-state index contributed by atoms with van der Waals surface area (Å²) in [4.78, 5) is 8.20.